The van der Waals surface area contributed by atoms with E-state index in [4.69, 9.17) is 21.2 Å². The van der Waals surface area contributed by atoms with Crippen molar-refractivity contribution in [3.63, 3.8) is 0 Å². The Hall–Kier alpha value is -3.27. The first-order valence-electron chi connectivity index (χ1n) is 12.4. The Morgan fingerprint density at radius 1 is 1.24 bits per heavy atom. The summed E-state index contributed by atoms with van der Waals surface area (Å²) < 4.78 is 13.8. The monoisotopic (exact) mass is 556 g/mol. The van der Waals surface area contributed by atoms with Gasteiger partial charge in [0.15, 0.2) is 0 Å². The zero-order valence-electron chi connectivity index (χ0n) is 22.9. The van der Waals surface area contributed by atoms with Crippen LogP contribution in [0.1, 0.15) is 65.9 Å². The van der Waals surface area contributed by atoms with Crippen LogP contribution >= 0.6 is 11.6 Å². The highest BCUT2D eigenvalue weighted by molar-refractivity contribution is 6.30. The molecule has 9 nitrogen and oxygen atoms in total. The van der Waals surface area contributed by atoms with Crippen LogP contribution in [-0.2, 0) is 24.0 Å². The highest BCUT2D eigenvalue weighted by Gasteiger charge is 2.27. The van der Waals surface area contributed by atoms with E-state index in [1.165, 1.54) is 30.7 Å². The number of nitrogens with one attached hydrogen (secondary N) is 3. The molecule has 0 aliphatic carbocycles. The van der Waals surface area contributed by atoms with Gasteiger partial charge in [-0.3, -0.25) is 19.2 Å². The maximum Gasteiger partial charge on any atom is 0.244 e. The topological polar surface area (TPSA) is 147 Å². The van der Waals surface area contributed by atoms with Gasteiger partial charge in [0.25, 0.3) is 0 Å². The number of halogens is 2. The second-order valence-electron chi connectivity index (χ2n) is 8.89. The molecule has 1 aliphatic heterocycles. The lowest BCUT2D eigenvalue weighted by atomic mass is 9.98. The van der Waals surface area contributed by atoms with Crippen LogP contribution in [-0.4, -0.2) is 49.5 Å². The van der Waals surface area contributed by atoms with Gasteiger partial charge in [-0.25, -0.2) is 4.39 Å². The predicted molar refractivity (Wildman–Crippen MR) is 149 cm³/mol. The molecule has 0 aromatic heterocycles. The summed E-state index contributed by atoms with van der Waals surface area (Å²) in [5.74, 6) is -1.13. The number of rotatable bonds is 9. The second kappa shape index (κ2) is 21.8. The van der Waals surface area contributed by atoms with Gasteiger partial charge in [0, 0.05) is 47.6 Å². The van der Waals surface area contributed by atoms with Crippen molar-refractivity contribution in [2.75, 3.05) is 6.54 Å². The van der Waals surface area contributed by atoms with Gasteiger partial charge < -0.3 is 26.5 Å². The van der Waals surface area contributed by atoms with Crippen LogP contribution in [0.5, 0.6) is 0 Å². The maximum absolute atomic E-state index is 13.8. The molecule has 2 rings (SSSR count). The van der Waals surface area contributed by atoms with Gasteiger partial charge in [-0.2, -0.15) is 0 Å². The normalized spacial score (nSPS) is 15.4. The van der Waals surface area contributed by atoms with Gasteiger partial charge in [0.1, 0.15) is 12.6 Å². The molecular formula is C27H42ClFN4O5. The summed E-state index contributed by atoms with van der Waals surface area (Å²) in [5.41, 5.74) is 4.41. The van der Waals surface area contributed by atoms with E-state index in [0.717, 1.165) is 6.42 Å². The van der Waals surface area contributed by atoms with Crippen LogP contribution in [0.15, 0.2) is 24.3 Å². The summed E-state index contributed by atoms with van der Waals surface area (Å²) in [5, 5.41) is 8.78. The van der Waals surface area contributed by atoms with Crippen LogP contribution in [0.25, 0.3) is 6.08 Å². The van der Waals surface area contributed by atoms with E-state index >= 15 is 0 Å². The molecule has 4 amide bonds. The summed E-state index contributed by atoms with van der Waals surface area (Å²) >= 11 is 5.72. The number of primary amides is 1. The van der Waals surface area contributed by atoms with Crippen molar-refractivity contribution in [3.05, 3.63) is 40.7 Å². The predicted octanol–water partition coefficient (Wildman–Crippen LogP) is 3.39. The Kier molecular flexibility index (Phi) is 21.1. The smallest absolute Gasteiger partial charge is 0.244 e. The van der Waals surface area contributed by atoms with E-state index in [1.54, 1.807) is 6.07 Å². The van der Waals surface area contributed by atoms with Crippen molar-refractivity contribution in [1.29, 1.82) is 0 Å². The van der Waals surface area contributed by atoms with Gasteiger partial charge in [-0.05, 0) is 43.9 Å². The average molecular weight is 557 g/mol. The third-order valence-corrected chi connectivity index (χ3v) is 5.36. The average Bonchev–Trinajstić information content (AvgIpc) is 3.24. The van der Waals surface area contributed by atoms with Gasteiger partial charge in [0.05, 0.1) is 0 Å². The molecular weight excluding hydrogens is 515 g/mol. The van der Waals surface area contributed by atoms with E-state index in [1.807, 2.05) is 27.6 Å². The molecule has 0 radical (unpaired) electrons. The number of hydrogen-bond donors (Lipinski definition) is 4. The van der Waals surface area contributed by atoms with Crippen LogP contribution in [0.2, 0.25) is 5.02 Å². The number of carbonyl (C=O) groups excluding carboxylic acids is 5. The SMILES string of the molecule is C=O.CC(CC1CCNC1=O)NC(=O)CC(NC(=O)/C=C/c1ccc(Cl)cc1F)C(C)C.CCC.NC=O. The Morgan fingerprint density at radius 2 is 1.82 bits per heavy atom. The van der Waals surface area contributed by atoms with Crippen LogP contribution in [0, 0.1) is 17.7 Å². The van der Waals surface area contributed by atoms with Gasteiger partial charge in [0.2, 0.25) is 24.1 Å². The molecule has 1 fully saturated rings. The summed E-state index contributed by atoms with van der Waals surface area (Å²) in [4.78, 5) is 52.9. The Labute approximate surface area is 230 Å². The lowest BCUT2D eigenvalue weighted by Gasteiger charge is -2.23. The van der Waals surface area contributed by atoms with Crippen molar-refractivity contribution in [2.45, 2.75) is 72.4 Å². The molecule has 1 saturated heterocycles. The molecule has 11 heteroatoms. The number of amides is 4. The van der Waals surface area contributed by atoms with Crippen LogP contribution in [0.4, 0.5) is 4.39 Å². The van der Waals surface area contributed by atoms with Crippen molar-refractivity contribution >= 4 is 48.6 Å². The zero-order chi connectivity index (χ0) is 29.7. The molecule has 3 unspecified atom stereocenters. The van der Waals surface area contributed by atoms with Crippen LogP contribution < -0.4 is 21.7 Å². The Balaban J connectivity index is 0. The summed E-state index contributed by atoms with van der Waals surface area (Å²) in [7, 11) is 0. The van der Waals surface area contributed by atoms with E-state index in [0.29, 0.717) is 13.0 Å². The molecule has 38 heavy (non-hydrogen) atoms. The first kappa shape index (κ1) is 36.9. The van der Waals surface area contributed by atoms with E-state index in [9.17, 15) is 18.8 Å². The van der Waals surface area contributed by atoms with Gasteiger partial charge in [-0.1, -0.05) is 51.8 Å². The fourth-order valence-corrected chi connectivity index (χ4v) is 3.53. The second-order valence-corrected chi connectivity index (χ2v) is 9.32. The van der Waals surface area contributed by atoms with Crippen molar-refractivity contribution in [2.24, 2.45) is 17.6 Å². The number of carbonyl (C=O) groups is 5. The molecule has 0 saturated carbocycles. The van der Waals surface area contributed by atoms with Gasteiger partial charge in [-0.15, -0.1) is 0 Å². The number of hydrogen-bond acceptors (Lipinski definition) is 5. The van der Waals surface area contributed by atoms with E-state index in [2.05, 4.69) is 35.5 Å². The molecule has 214 valence electrons. The molecule has 3 atom stereocenters. The Morgan fingerprint density at radius 3 is 2.29 bits per heavy atom. The summed E-state index contributed by atoms with van der Waals surface area (Å²) in [6, 6.07) is 3.69. The summed E-state index contributed by atoms with van der Waals surface area (Å²) in [6.07, 6.45) is 5.60. The van der Waals surface area contributed by atoms with Crippen molar-refractivity contribution in [3.8, 4) is 0 Å². The zero-order valence-corrected chi connectivity index (χ0v) is 23.6. The number of benzene rings is 1. The highest BCUT2D eigenvalue weighted by Crippen LogP contribution is 2.17. The van der Waals surface area contributed by atoms with E-state index in [-0.39, 0.29) is 59.2 Å². The fraction of sp³-hybridized carbons (Fsp3) is 0.519. The molecule has 0 bridgehead atoms. The summed E-state index contributed by atoms with van der Waals surface area (Å²) in [6.45, 7) is 12.6. The quantitative estimate of drug-likeness (QED) is 0.272. The minimum atomic E-state index is -0.517. The molecule has 0 spiro atoms. The minimum Gasteiger partial charge on any atom is -0.372 e. The van der Waals surface area contributed by atoms with Gasteiger partial charge >= 0.3 is 0 Å². The first-order chi connectivity index (χ1) is 18.0. The number of nitrogens with two attached hydrogens (primary N) is 1. The van der Waals surface area contributed by atoms with Crippen LogP contribution in [0.3, 0.4) is 0 Å². The largest absolute Gasteiger partial charge is 0.372 e. The first-order valence-corrected chi connectivity index (χ1v) is 12.8. The molecule has 1 aliphatic rings. The molecule has 1 aromatic carbocycles. The Bertz CT molecular complexity index is 898. The molecule has 1 heterocycles. The maximum atomic E-state index is 13.8. The lowest BCUT2D eigenvalue weighted by Crippen LogP contribution is -2.43. The highest BCUT2D eigenvalue weighted by atomic mass is 35.5. The van der Waals surface area contributed by atoms with Crippen molar-refractivity contribution in [1.82, 2.24) is 16.0 Å². The molecule has 1 aromatic rings. The third kappa shape index (κ3) is 16.5. The lowest BCUT2D eigenvalue weighted by molar-refractivity contribution is -0.125. The molecule has 5 N–H and O–H groups in total. The van der Waals surface area contributed by atoms with Crippen molar-refractivity contribution < 1.29 is 28.4 Å². The minimum absolute atomic E-state index is 0.0243. The van der Waals surface area contributed by atoms with E-state index < -0.39 is 11.7 Å². The standard InChI is InChI=1S/C22H29ClFN3O3.C3H8.CH3NO.CH2O/c1-13(2)19(12-21(29)26-14(3)10-16-8-9-25-22(16)30)27-20(28)7-5-15-4-6-17(23)11-18(15)24;1-3-2;2-1-3;1-2/h4-7,11,13-14,16,19H,8-10,12H2,1-3H3,(H,25,30)(H,26,29)(H,27,28);3H2,1-2H3;1H,(H2,2,3);1H2/b7-5+;;;. The third-order valence-electron chi connectivity index (χ3n) is 5.12. The fourth-order valence-electron chi connectivity index (χ4n) is 3.38.